The van der Waals surface area contributed by atoms with Gasteiger partial charge in [-0.3, -0.25) is 4.79 Å². The summed E-state index contributed by atoms with van der Waals surface area (Å²) in [6.07, 6.45) is 1.12. The first-order chi connectivity index (χ1) is 8.50. The number of Topliss-reactive ketones (excluding diaryl/α,β-unsaturated/α-hetero) is 1. The molecule has 96 valence electrons. The van der Waals surface area contributed by atoms with E-state index >= 15 is 0 Å². The number of hydrogen-bond donors (Lipinski definition) is 0. The Morgan fingerprint density at radius 2 is 1.78 bits per heavy atom. The van der Waals surface area contributed by atoms with Gasteiger partial charge in [0.25, 0.3) is 0 Å². The van der Waals surface area contributed by atoms with Gasteiger partial charge in [0, 0.05) is 12.8 Å². The second-order valence-corrected chi connectivity index (χ2v) is 7.34. The fourth-order valence-electron chi connectivity index (χ4n) is 2.63. The van der Waals surface area contributed by atoms with Crippen molar-refractivity contribution < 1.29 is 17.9 Å². The van der Waals surface area contributed by atoms with Crippen LogP contribution in [0.15, 0.2) is 24.3 Å². The van der Waals surface area contributed by atoms with E-state index < -0.39 is 15.4 Å². The van der Waals surface area contributed by atoms with Gasteiger partial charge in [-0.1, -0.05) is 12.1 Å². The van der Waals surface area contributed by atoms with Gasteiger partial charge in [0.1, 0.15) is 11.4 Å². The van der Waals surface area contributed by atoms with Crippen LogP contribution in [-0.2, 0) is 9.84 Å². The molecule has 4 nitrogen and oxygen atoms in total. The lowest BCUT2D eigenvalue weighted by Gasteiger charge is -2.40. The topological polar surface area (TPSA) is 60.4 Å². The summed E-state index contributed by atoms with van der Waals surface area (Å²) >= 11 is 0. The van der Waals surface area contributed by atoms with Crippen LogP contribution >= 0.6 is 0 Å². The standard InChI is InChI=1S/C13H14O4S/c14-11-9-13(5-7-18(15,16)8-6-13)17-12-4-2-1-3-10(11)12/h1-4H,5-9H2. The van der Waals surface area contributed by atoms with Crippen LogP contribution in [0.25, 0.3) is 0 Å². The number of hydrogen-bond acceptors (Lipinski definition) is 4. The average Bonchev–Trinajstić information content (AvgIpc) is 2.34. The van der Waals surface area contributed by atoms with E-state index in [2.05, 4.69) is 0 Å². The fraction of sp³-hybridized carbons (Fsp3) is 0.462. The molecule has 2 heterocycles. The number of sulfone groups is 1. The van der Waals surface area contributed by atoms with Crippen LogP contribution in [0.1, 0.15) is 29.6 Å². The first kappa shape index (κ1) is 11.7. The highest BCUT2D eigenvalue weighted by Crippen LogP contribution is 2.39. The Morgan fingerprint density at radius 1 is 1.11 bits per heavy atom. The molecule has 2 aliphatic rings. The largest absolute Gasteiger partial charge is 0.486 e. The minimum atomic E-state index is -2.94. The second kappa shape index (κ2) is 3.82. The van der Waals surface area contributed by atoms with Crippen LogP contribution in [0.5, 0.6) is 5.75 Å². The third-order valence-corrected chi connectivity index (χ3v) is 5.39. The summed E-state index contributed by atoms with van der Waals surface area (Å²) < 4.78 is 28.9. The zero-order valence-electron chi connectivity index (χ0n) is 9.89. The summed E-state index contributed by atoms with van der Waals surface area (Å²) in [4.78, 5) is 12.1. The highest BCUT2D eigenvalue weighted by Gasteiger charge is 2.44. The zero-order chi connectivity index (χ0) is 12.8. The minimum absolute atomic E-state index is 0.0520. The van der Waals surface area contributed by atoms with Gasteiger partial charge in [0.2, 0.25) is 0 Å². The summed E-state index contributed by atoms with van der Waals surface area (Å²) in [5.41, 5.74) is 0.00748. The lowest BCUT2D eigenvalue weighted by molar-refractivity contribution is 0.0335. The zero-order valence-corrected chi connectivity index (χ0v) is 10.7. The van der Waals surface area contributed by atoms with Crippen LogP contribution < -0.4 is 4.74 Å². The van der Waals surface area contributed by atoms with Crippen molar-refractivity contribution in [2.45, 2.75) is 24.9 Å². The number of fused-ring (bicyclic) bond motifs is 1. The molecule has 3 rings (SSSR count). The molecule has 1 fully saturated rings. The molecular formula is C13H14O4S. The summed E-state index contributed by atoms with van der Waals surface area (Å²) in [6.45, 7) is 0. The summed E-state index contributed by atoms with van der Waals surface area (Å²) in [7, 11) is -2.94. The van der Waals surface area contributed by atoms with Crippen LogP contribution in [0, 0.1) is 0 Å². The molecular weight excluding hydrogens is 252 g/mol. The lowest BCUT2D eigenvalue weighted by atomic mass is 9.85. The molecule has 0 aliphatic carbocycles. The fourth-order valence-corrected chi connectivity index (χ4v) is 4.20. The van der Waals surface area contributed by atoms with Gasteiger partial charge in [0.15, 0.2) is 15.6 Å². The smallest absolute Gasteiger partial charge is 0.170 e. The lowest BCUT2D eigenvalue weighted by Crippen LogP contribution is -2.48. The van der Waals surface area contributed by atoms with Crippen molar-refractivity contribution in [3.8, 4) is 5.75 Å². The molecule has 0 N–H and O–H groups in total. The Kier molecular flexibility index (Phi) is 2.48. The average molecular weight is 266 g/mol. The molecule has 0 atom stereocenters. The highest BCUT2D eigenvalue weighted by atomic mass is 32.2. The number of benzene rings is 1. The number of carbonyl (C=O) groups excluding carboxylic acids is 1. The van der Waals surface area contributed by atoms with E-state index in [1.165, 1.54) is 0 Å². The second-order valence-electron chi connectivity index (χ2n) is 5.03. The van der Waals surface area contributed by atoms with E-state index in [-0.39, 0.29) is 17.3 Å². The quantitative estimate of drug-likeness (QED) is 0.715. The van der Waals surface area contributed by atoms with Gasteiger partial charge in [0.05, 0.1) is 23.5 Å². The number of ketones is 1. The third kappa shape index (κ3) is 1.92. The predicted molar refractivity (Wildman–Crippen MR) is 66.6 cm³/mol. The molecule has 18 heavy (non-hydrogen) atoms. The SMILES string of the molecule is O=C1CC2(CCS(=O)(=O)CC2)Oc2ccccc21. The van der Waals surface area contributed by atoms with Gasteiger partial charge < -0.3 is 4.74 Å². The Hall–Kier alpha value is -1.36. The van der Waals surface area contributed by atoms with Crippen molar-refractivity contribution in [2.75, 3.05) is 11.5 Å². The van der Waals surface area contributed by atoms with Crippen LogP contribution in [0.2, 0.25) is 0 Å². The van der Waals surface area contributed by atoms with Gasteiger partial charge in [-0.15, -0.1) is 0 Å². The Labute approximate surface area is 106 Å². The maximum Gasteiger partial charge on any atom is 0.170 e. The molecule has 0 bridgehead atoms. The molecule has 2 aliphatic heterocycles. The molecule has 0 amide bonds. The van der Waals surface area contributed by atoms with Crippen molar-refractivity contribution in [3.05, 3.63) is 29.8 Å². The van der Waals surface area contributed by atoms with Crippen molar-refractivity contribution in [1.29, 1.82) is 0 Å². The maximum atomic E-state index is 12.1. The van der Waals surface area contributed by atoms with Crippen molar-refractivity contribution in [1.82, 2.24) is 0 Å². The summed E-state index contributed by atoms with van der Waals surface area (Å²) in [5.74, 6) is 0.870. The number of ether oxygens (including phenoxy) is 1. The molecule has 0 aromatic heterocycles. The third-order valence-electron chi connectivity index (χ3n) is 3.73. The number of rotatable bonds is 0. The molecule has 0 radical (unpaired) electrons. The molecule has 5 heteroatoms. The van der Waals surface area contributed by atoms with Gasteiger partial charge in [-0.25, -0.2) is 8.42 Å². The van der Waals surface area contributed by atoms with Crippen molar-refractivity contribution in [3.63, 3.8) is 0 Å². The van der Waals surface area contributed by atoms with E-state index in [9.17, 15) is 13.2 Å². The van der Waals surface area contributed by atoms with E-state index in [4.69, 9.17) is 4.74 Å². The molecule has 1 spiro atoms. The van der Waals surface area contributed by atoms with Gasteiger partial charge >= 0.3 is 0 Å². The van der Waals surface area contributed by atoms with Crippen molar-refractivity contribution in [2.24, 2.45) is 0 Å². The van der Waals surface area contributed by atoms with Gasteiger partial charge in [-0.2, -0.15) is 0 Å². The van der Waals surface area contributed by atoms with E-state index in [0.717, 1.165) is 0 Å². The minimum Gasteiger partial charge on any atom is -0.486 e. The van der Waals surface area contributed by atoms with Crippen LogP contribution in [-0.4, -0.2) is 31.3 Å². The number of carbonyl (C=O) groups is 1. The highest BCUT2D eigenvalue weighted by molar-refractivity contribution is 7.91. The van der Waals surface area contributed by atoms with Gasteiger partial charge in [-0.05, 0) is 12.1 Å². The van der Waals surface area contributed by atoms with E-state index in [1.54, 1.807) is 12.1 Å². The first-order valence-electron chi connectivity index (χ1n) is 6.01. The summed E-state index contributed by atoms with van der Waals surface area (Å²) in [6, 6.07) is 7.16. The molecule has 1 saturated heterocycles. The van der Waals surface area contributed by atoms with E-state index in [0.29, 0.717) is 30.6 Å². The maximum absolute atomic E-state index is 12.1. The molecule has 1 aromatic carbocycles. The summed E-state index contributed by atoms with van der Waals surface area (Å²) in [5, 5.41) is 0. The monoisotopic (exact) mass is 266 g/mol. The van der Waals surface area contributed by atoms with Crippen molar-refractivity contribution >= 4 is 15.6 Å². The van der Waals surface area contributed by atoms with Crippen LogP contribution in [0.4, 0.5) is 0 Å². The molecule has 1 aromatic rings. The van der Waals surface area contributed by atoms with Crippen LogP contribution in [0.3, 0.4) is 0 Å². The predicted octanol–water partition coefficient (Wildman–Crippen LogP) is 1.60. The molecule has 0 saturated carbocycles. The Morgan fingerprint density at radius 3 is 2.50 bits per heavy atom. The molecule has 0 unspecified atom stereocenters. The normalized spacial score (nSPS) is 24.3. The Bertz CT molecular complexity index is 589. The first-order valence-corrected chi connectivity index (χ1v) is 7.84. The Balaban J connectivity index is 1.93. The van der Waals surface area contributed by atoms with E-state index in [1.807, 2.05) is 12.1 Å². The number of para-hydroxylation sites is 1.